The number of ether oxygens (including phenoxy) is 2. The Morgan fingerprint density at radius 3 is 2.95 bits per heavy atom. The molecule has 0 aromatic heterocycles. The summed E-state index contributed by atoms with van der Waals surface area (Å²) in [4.78, 5) is 14.3. The Morgan fingerprint density at radius 1 is 1.27 bits per heavy atom. The molecule has 4 rings (SSSR count). The van der Waals surface area contributed by atoms with Gasteiger partial charge < -0.3 is 19.7 Å². The lowest BCUT2D eigenvalue weighted by atomic mass is 10.0. The van der Waals surface area contributed by atoms with E-state index in [1.54, 1.807) is 6.07 Å². The van der Waals surface area contributed by atoms with Crippen LogP contribution in [0.5, 0.6) is 11.5 Å². The summed E-state index contributed by atoms with van der Waals surface area (Å²) in [6.45, 7) is 0.161. The average Bonchev–Trinajstić information content (AvgIpc) is 3.00. The fraction of sp³-hybridized carbons (Fsp3) is 0.188. The molecule has 2 aliphatic heterocycles. The van der Waals surface area contributed by atoms with Crippen LogP contribution in [-0.2, 0) is 0 Å². The van der Waals surface area contributed by atoms with Crippen LogP contribution in [0, 0.1) is 0 Å². The molecule has 6 heteroatoms. The van der Waals surface area contributed by atoms with E-state index in [1.807, 2.05) is 42.3 Å². The predicted molar refractivity (Wildman–Crippen MR) is 82.6 cm³/mol. The van der Waals surface area contributed by atoms with Gasteiger partial charge in [-0.2, -0.15) is 0 Å². The monoisotopic (exact) mass is 316 g/mol. The maximum Gasteiger partial charge on any atom is 0.255 e. The van der Waals surface area contributed by atoms with Crippen LogP contribution in [0.2, 0.25) is 5.02 Å². The molecule has 1 atom stereocenters. The third kappa shape index (κ3) is 1.89. The van der Waals surface area contributed by atoms with Gasteiger partial charge in [-0.15, -0.1) is 0 Å². The number of nitrogens with one attached hydrogen (secondary N) is 1. The van der Waals surface area contributed by atoms with E-state index < -0.39 is 0 Å². The Kier molecular flexibility index (Phi) is 2.90. The number of fused-ring (bicyclic) bond motifs is 2. The molecule has 5 nitrogen and oxygen atoms in total. The highest BCUT2D eigenvalue weighted by Crippen LogP contribution is 2.42. The van der Waals surface area contributed by atoms with Crippen molar-refractivity contribution < 1.29 is 14.3 Å². The van der Waals surface area contributed by atoms with Gasteiger partial charge in [0.1, 0.15) is 6.17 Å². The normalized spacial score (nSPS) is 18.9. The van der Waals surface area contributed by atoms with Crippen molar-refractivity contribution in [3.8, 4) is 11.5 Å². The number of hydrogen-bond acceptors (Lipinski definition) is 4. The van der Waals surface area contributed by atoms with Crippen molar-refractivity contribution in [2.75, 3.05) is 18.7 Å². The lowest BCUT2D eigenvalue weighted by Crippen LogP contribution is -2.44. The highest BCUT2D eigenvalue weighted by atomic mass is 35.5. The van der Waals surface area contributed by atoms with E-state index in [9.17, 15) is 4.79 Å². The summed E-state index contributed by atoms with van der Waals surface area (Å²) in [6, 6.07) is 11.1. The van der Waals surface area contributed by atoms with Crippen LogP contribution < -0.4 is 19.7 Å². The minimum Gasteiger partial charge on any atom is -0.454 e. The van der Waals surface area contributed by atoms with Crippen LogP contribution in [0.4, 0.5) is 5.69 Å². The minimum atomic E-state index is -0.311. The van der Waals surface area contributed by atoms with Crippen molar-refractivity contribution >= 4 is 23.2 Å². The Morgan fingerprint density at radius 2 is 2.09 bits per heavy atom. The predicted octanol–water partition coefficient (Wildman–Crippen LogP) is 2.95. The highest BCUT2D eigenvalue weighted by Gasteiger charge is 2.31. The number of carbonyl (C=O) groups excluding carboxylic acids is 1. The summed E-state index contributed by atoms with van der Waals surface area (Å²) in [7, 11) is 1.93. The van der Waals surface area contributed by atoms with Gasteiger partial charge >= 0.3 is 0 Å². The van der Waals surface area contributed by atoms with Gasteiger partial charge in [-0.1, -0.05) is 23.7 Å². The second-order valence-corrected chi connectivity index (χ2v) is 5.65. The van der Waals surface area contributed by atoms with Crippen LogP contribution in [0.25, 0.3) is 0 Å². The van der Waals surface area contributed by atoms with Crippen molar-refractivity contribution in [1.82, 2.24) is 5.32 Å². The molecule has 2 aliphatic rings. The molecule has 1 unspecified atom stereocenters. The zero-order valence-electron chi connectivity index (χ0n) is 11.8. The highest BCUT2D eigenvalue weighted by molar-refractivity contribution is 6.32. The van der Waals surface area contributed by atoms with Crippen LogP contribution in [0.15, 0.2) is 36.4 Å². The van der Waals surface area contributed by atoms with Crippen molar-refractivity contribution in [2.24, 2.45) is 0 Å². The SMILES string of the molecule is CN1c2ccccc2C(=O)NC1c1cc(Cl)c2c(c1)OCO2. The molecular weight excluding hydrogens is 304 g/mol. The lowest BCUT2D eigenvalue weighted by molar-refractivity contribution is 0.0928. The van der Waals surface area contributed by atoms with Crippen molar-refractivity contribution in [2.45, 2.75) is 6.17 Å². The first kappa shape index (κ1) is 13.3. The Bertz CT molecular complexity index is 778. The standard InChI is InChI=1S/C16H13ClN2O3/c1-19-12-5-3-2-4-10(12)16(20)18-15(19)9-6-11(17)14-13(7-9)21-8-22-14/h2-7,15H,8H2,1H3,(H,18,20). The third-order valence-electron chi connectivity index (χ3n) is 3.95. The number of halogens is 1. The average molecular weight is 317 g/mol. The number of anilines is 1. The Balaban J connectivity index is 1.78. The quantitative estimate of drug-likeness (QED) is 0.879. The number of rotatable bonds is 1. The Hall–Kier alpha value is -2.40. The second kappa shape index (κ2) is 4.81. The number of benzene rings is 2. The summed E-state index contributed by atoms with van der Waals surface area (Å²) in [5.41, 5.74) is 2.39. The maximum absolute atomic E-state index is 12.3. The van der Waals surface area contributed by atoms with Gasteiger partial charge in [-0.3, -0.25) is 4.79 Å². The van der Waals surface area contributed by atoms with Gasteiger partial charge in [0.15, 0.2) is 11.5 Å². The molecule has 112 valence electrons. The molecule has 0 bridgehead atoms. The molecule has 22 heavy (non-hydrogen) atoms. The minimum absolute atomic E-state index is 0.104. The van der Waals surface area contributed by atoms with Crippen molar-refractivity contribution in [3.05, 3.63) is 52.5 Å². The first-order valence-corrected chi connectivity index (χ1v) is 7.25. The van der Waals surface area contributed by atoms with E-state index in [0.29, 0.717) is 22.1 Å². The number of para-hydroxylation sites is 1. The molecule has 2 heterocycles. The Labute approximate surface area is 132 Å². The summed E-state index contributed by atoms with van der Waals surface area (Å²) in [5.74, 6) is 1.05. The van der Waals surface area contributed by atoms with Crippen LogP contribution >= 0.6 is 11.6 Å². The molecule has 0 radical (unpaired) electrons. The van der Waals surface area contributed by atoms with Gasteiger partial charge in [-0.25, -0.2) is 0 Å². The number of amides is 1. The molecule has 0 fully saturated rings. The van der Waals surface area contributed by atoms with Gasteiger partial charge in [0.05, 0.1) is 16.3 Å². The lowest BCUT2D eigenvalue weighted by Gasteiger charge is -2.36. The molecule has 2 aromatic carbocycles. The van der Waals surface area contributed by atoms with Gasteiger partial charge in [0.25, 0.3) is 5.91 Å². The molecule has 0 spiro atoms. The smallest absolute Gasteiger partial charge is 0.255 e. The maximum atomic E-state index is 12.3. The number of nitrogens with zero attached hydrogens (tertiary/aromatic N) is 1. The van der Waals surface area contributed by atoms with Crippen LogP contribution in [0.3, 0.4) is 0 Å². The third-order valence-corrected chi connectivity index (χ3v) is 4.23. The molecule has 1 amide bonds. The summed E-state index contributed by atoms with van der Waals surface area (Å²) in [5, 5.41) is 3.47. The molecule has 1 N–H and O–H groups in total. The largest absolute Gasteiger partial charge is 0.454 e. The van der Waals surface area contributed by atoms with E-state index >= 15 is 0 Å². The molecule has 0 saturated carbocycles. The van der Waals surface area contributed by atoms with Crippen LogP contribution in [0.1, 0.15) is 22.1 Å². The van der Waals surface area contributed by atoms with Gasteiger partial charge in [-0.05, 0) is 24.3 Å². The fourth-order valence-electron chi connectivity index (χ4n) is 2.86. The first-order valence-electron chi connectivity index (χ1n) is 6.87. The fourth-order valence-corrected chi connectivity index (χ4v) is 3.14. The number of hydrogen-bond donors (Lipinski definition) is 1. The van der Waals surface area contributed by atoms with Crippen LogP contribution in [-0.4, -0.2) is 19.7 Å². The molecule has 2 aromatic rings. The zero-order valence-corrected chi connectivity index (χ0v) is 12.6. The van der Waals surface area contributed by atoms with Gasteiger partial charge in [0, 0.05) is 12.6 Å². The zero-order chi connectivity index (χ0) is 15.3. The van der Waals surface area contributed by atoms with Crippen molar-refractivity contribution in [1.29, 1.82) is 0 Å². The molecule has 0 aliphatic carbocycles. The number of carbonyl (C=O) groups is 1. The summed E-state index contributed by atoms with van der Waals surface area (Å²) >= 11 is 6.24. The second-order valence-electron chi connectivity index (χ2n) is 5.24. The summed E-state index contributed by atoms with van der Waals surface area (Å²) in [6.07, 6.45) is -0.311. The van der Waals surface area contributed by atoms with Gasteiger partial charge in [0.2, 0.25) is 6.79 Å². The van der Waals surface area contributed by atoms with E-state index in [1.165, 1.54) is 0 Å². The van der Waals surface area contributed by atoms with E-state index in [0.717, 1.165) is 11.3 Å². The molecule has 0 saturated heterocycles. The topological polar surface area (TPSA) is 50.8 Å². The van der Waals surface area contributed by atoms with E-state index in [2.05, 4.69) is 5.32 Å². The van der Waals surface area contributed by atoms with E-state index in [-0.39, 0.29) is 18.9 Å². The van der Waals surface area contributed by atoms with E-state index in [4.69, 9.17) is 21.1 Å². The van der Waals surface area contributed by atoms with Crippen molar-refractivity contribution in [3.63, 3.8) is 0 Å². The first-order chi connectivity index (χ1) is 10.6. The molecular formula is C16H13ClN2O3. The summed E-state index contributed by atoms with van der Waals surface area (Å²) < 4.78 is 10.7.